The van der Waals surface area contributed by atoms with Gasteiger partial charge in [-0.1, -0.05) is 6.07 Å². The summed E-state index contributed by atoms with van der Waals surface area (Å²) < 4.78 is 34.7. The van der Waals surface area contributed by atoms with Crippen LogP contribution in [0.15, 0.2) is 47.9 Å². The molecule has 0 fully saturated rings. The minimum Gasteiger partial charge on any atom is -0.495 e. The van der Waals surface area contributed by atoms with Gasteiger partial charge in [0, 0.05) is 31.5 Å². The first-order valence-corrected chi connectivity index (χ1v) is 10.1. The van der Waals surface area contributed by atoms with Crippen molar-refractivity contribution in [3.8, 4) is 11.6 Å². The third kappa shape index (κ3) is 4.46. The molecule has 1 aromatic carbocycles. The van der Waals surface area contributed by atoms with Gasteiger partial charge in [-0.2, -0.15) is 0 Å². The van der Waals surface area contributed by atoms with Gasteiger partial charge in [0.1, 0.15) is 34.4 Å². The van der Waals surface area contributed by atoms with Crippen LogP contribution in [0.25, 0.3) is 5.82 Å². The van der Waals surface area contributed by atoms with Gasteiger partial charge in [-0.15, -0.1) is 0 Å². The van der Waals surface area contributed by atoms with E-state index in [-0.39, 0.29) is 11.4 Å². The van der Waals surface area contributed by atoms with E-state index in [9.17, 15) is 8.42 Å². The Hall–Kier alpha value is -2.98. The quantitative estimate of drug-likeness (QED) is 0.552. The van der Waals surface area contributed by atoms with E-state index in [1.54, 1.807) is 30.5 Å². The summed E-state index contributed by atoms with van der Waals surface area (Å²) in [6.07, 6.45) is 4.95. The van der Waals surface area contributed by atoms with Crippen LogP contribution in [0, 0.1) is 13.8 Å². The van der Waals surface area contributed by atoms with Gasteiger partial charge in [0.05, 0.1) is 7.11 Å². The minimum atomic E-state index is -3.69. The van der Waals surface area contributed by atoms with Crippen molar-refractivity contribution in [1.82, 2.24) is 24.2 Å². The fourth-order valence-electron chi connectivity index (χ4n) is 2.64. The number of ether oxygens (including phenoxy) is 1. The molecule has 2 heterocycles. The van der Waals surface area contributed by atoms with Crippen molar-refractivity contribution in [2.75, 3.05) is 25.5 Å². The summed E-state index contributed by atoms with van der Waals surface area (Å²) in [6, 6.07) is 6.79. The Morgan fingerprint density at radius 3 is 2.64 bits per heavy atom. The summed E-state index contributed by atoms with van der Waals surface area (Å²) in [5.74, 6) is 2.38. The lowest BCUT2D eigenvalue weighted by Crippen LogP contribution is -2.29. The number of aromatic nitrogens is 4. The van der Waals surface area contributed by atoms with Crippen molar-refractivity contribution in [3.63, 3.8) is 0 Å². The minimum absolute atomic E-state index is 0.120. The number of nitrogens with one attached hydrogen (secondary N) is 2. The fourth-order valence-corrected chi connectivity index (χ4v) is 3.93. The molecule has 0 aliphatic carbocycles. The van der Waals surface area contributed by atoms with Gasteiger partial charge in [-0.05, 0) is 31.5 Å². The number of imidazole rings is 1. The van der Waals surface area contributed by atoms with Gasteiger partial charge in [0.2, 0.25) is 10.0 Å². The van der Waals surface area contributed by atoms with Crippen LogP contribution in [0.5, 0.6) is 5.75 Å². The molecular formula is C18H22N6O3S. The number of nitrogens with zero attached hydrogens (tertiary/aromatic N) is 4. The molecule has 0 bridgehead atoms. The van der Waals surface area contributed by atoms with Gasteiger partial charge < -0.3 is 10.1 Å². The van der Waals surface area contributed by atoms with E-state index in [0.717, 1.165) is 11.4 Å². The Morgan fingerprint density at radius 2 is 1.93 bits per heavy atom. The highest BCUT2D eigenvalue weighted by Crippen LogP contribution is 2.24. The van der Waals surface area contributed by atoms with Crippen LogP contribution in [0.2, 0.25) is 0 Å². The van der Waals surface area contributed by atoms with Gasteiger partial charge in [-0.3, -0.25) is 4.57 Å². The molecule has 28 heavy (non-hydrogen) atoms. The normalized spacial score (nSPS) is 11.4. The second-order valence-electron chi connectivity index (χ2n) is 6.08. The lowest BCUT2D eigenvalue weighted by atomic mass is 10.2. The van der Waals surface area contributed by atoms with Crippen LogP contribution >= 0.6 is 0 Å². The Labute approximate surface area is 163 Å². The number of methoxy groups -OCH3 is 1. The molecule has 3 rings (SSSR count). The van der Waals surface area contributed by atoms with Crippen LogP contribution in [0.4, 0.5) is 5.82 Å². The first kappa shape index (κ1) is 19.8. The highest BCUT2D eigenvalue weighted by atomic mass is 32.2. The zero-order valence-electron chi connectivity index (χ0n) is 15.9. The molecule has 148 valence electrons. The molecule has 0 saturated heterocycles. The maximum absolute atomic E-state index is 12.6. The zero-order valence-corrected chi connectivity index (χ0v) is 16.7. The number of anilines is 1. The first-order valence-electron chi connectivity index (χ1n) is 8.61. The summed E-state index contributed by atoms with van der Waals surface area (Å²) in [5.41, 5.74) is 0.836. The number of sulfonamides is 1. The lowest BCUT2D eigenvalue weighted by Gasteiger charge is -2.12. The maximum atomic E-state index is 12.6. The number of benzene rings is 1. The van der Waals surface area contributed by atoms with E-state index < -0.39 is 10.0 Å². The largest absolute Gasteiger partial charge is 0.495 e. The van der Waals surface area contributed by atoms with Crippen molar-refractivity contribution >= 4 is 15.8 Å². The van der Waals surface area contributed by atoms with Crippen LogP contribution in [-0.4, -0.2) is 48.1 Å². The van der Waals surface area contributed by atoms with Gasteiger partial charge >= 0.3 is 0 Å². The highest BCUT2D eigenvalue weighted by Gasteiger charge is 2.19. The Kier molecular flexibility index (Phi) is 5.90. The molecule has 0 aliphatic heterocycles. The molecule has 0 radical (unpaired) electrons. The zero-order chi connectivity index (χ0) is 20.1. The first-order chi connectivity index (χ1) is 13.4. The SMILES string of the molecule is COc1ccc(C)cc1S(=O)(=O)NCCNc1cc(-n2ccnc2C)ncn1. The van der Waals surface area contributed by atoms with E-state index in [1.807, 2.05) is 24.6 Å². The molecule has 2 aromatic heterocycles. The summed E-state index contributed by atoms with van der Waals surface area (Å²) in [5, 5.41) is 3.09. The van der Waals surface area contributed by atoms with Gasteiger partial charge in [0.15, 0.2) is 0 Å². The number of hydrogen-bond donors (Lipinski definition) is 2. The van der Waals surface area contributed by atoms with Crippen molar-refractivity contribution in [2.45, 2.75) is 18.7 Å². The molecule has 0 unspecified atom stereocenters. The summed E-state index contributed by atoms with van der Waals surface area (Å²) in [7, 11) is -2.24. The topological polar surface area (TPSA) is 111 Å². The van der Waals surface area contributed by atoms with Gasteiger partial charge in [-0.25, -0.2) is 28.1 Å². The number of aryl methyl sites for hydroxylation is 2. The monoisotopic (exact) mass is 402 g/mol. The van der Waals surface area contributed by atoms with Crippen LogP contribution in [0.1, 0.15) is 11.4 Å². The van der Waals surface area contributed by atoms with Crippen molar-refractivity contribution in [2.24, 2.45) is 0 Å². The Morgan fingerprint density at radius 1 is 1.11 bits per heavy atom. The van der Waals surface area contributed by atoms with Crippen LogP contribution in [-0.2, 0) is 10.0 Å². The molecular weight excluding hydrogens is 380 g/mol. The van der Waals surface area contributed by atoms with Crippen molar-refractivity contribution in [1.29, 1.82) is 0 Å². The van der Waals surface area contributed by atoms with E-state index in [2.05, 4.69) is 25.0 Å². The molecule has 2 N–H and O–H groups in total. The average molecular weight is 402 g/mol. The fraction of sp³-hybridized carbons (Fsp3) is 0.278. The molecule has 0 atom stereocenters. The Balaban J connectivity index is 1.62. The third-order valence-corrected chi connectivity index (χ3v) is 5.54. The molecule has 3 aromatic rings. The summed E-state index contributed by atoms with van der Waals surface area (Å²) >= 11 is 0. The molecule has 0 aliphatic rings. The molecule has 9 nitrogen and oxygen atoms in total. The molecule has 0 spiro atoms. The predicted molar refractivity (Wildman–Crippen MR) is 105 cm³/mol. The van der Waals surface area contributed by atoms with Crippen molar-refractivity contribution in [3.05, 3.63) is 54.4 Å². The summed E-state index contributed by atoms with van der Waals surface area (Å²) in [6.45, 7) is 4.24. The smallest absolute Gasteiger partial charge is 0.244 e. The van der Waals surface area contributed by atoms with Crippen LogP contribution < -0.4 is 14.8 Å². The Bertz CT molecular complexity index is 1060. The number of rotatable bonds is 8. The summed E-state index contributed by atoms with van der Waals surface area (Å²) in [4.78, 5) is 12.7. The maximum Gasteiger partial charge on any atom is 0.244 e. The van der Waals surface area contributed by atoms with E-state index in [1.165, 1.54) is 13.4 Å². The second-order valence-corrected chi connectivity index (χ2v) is 7.82. The predicted octanol–water partition coefficient (Wildman–Crippen LogP) is 1.68. The van der Waals surface area contributed by atoms with Crippen LogP contribution in [0.3, 0.4) is 0 Å². The highest BCUT2D eigenvalue weighted by molar-refractivity contribution is 7.89. The third-order valence-electron chi connectivity index (χ3n) is 4.06. The standard InChI is InChI=1S/C18H22N6O3S/c1-13-4-5-15(27-3)16(10-13)28(25,26)23-7-6-20-17-11-18(22-12-21-17)24-9-8-19-14(24)2/h4-5,8-12,23H,6-7H2,1-3H3,(H,20,21,22). The lowest BCUT2D eigenvalue weighted by molar-refractivity contribution is 0.402. The molecule has 0 saturated carbocycles. The van der Waals surface area contributed by atoms with Gasteiger partial charge in [0.25, 0.3) is 0 Å². The van der Waals surface area contributed by atoms with Crippen molar-refractivity contribution < 1.29 is 13.2 Å². The molecule has 0 amide bonds. The second kappa shape index (κ2) is 8.36. The van der Waals surface area contributed by atoms with E-state index >= 15 is 0 Å². The molecule has 10 heteroatoms. The van der Waals surface area contributed by atoms with E-state index in [4.69, 9.17) is 4.74 Å². The average Bonchev–Trinajstić information content (AvgIpc) is 3.11. The number of hydrogen-bond acceptors (Lipinski definition) is 7. The van der Waals surface area contributed by atoms with E-state index in [0.29, 0.717) is 23.9 Å².